The fraction of sp³-hybridized carbons (Fsp3) is 0. The molecule has 0 radical (unpaired) electrons. The third-order valence-corrected chi connectivity index (χ3v) is 2.40. The third kappa shape index (κ3) is 2.20. The van der Waals surface area contributed by atoms with Gasteiger partial charge in [0.2, 0.25) is 0 Å². The minimum absolute atomic E-state index is 0.268. The summed E-state index contributed by atoms with van der Waals surface area (Å²) in [6, 6.07) is 10.2. The number of carboxylic acid groups (broad SMARTS) is 1. The molecule has 0 aliphatic rings. The molecule has 0 amide bonds. The number of carbonyl (C=O) groups is 1. The molecule has 0 unspecified atom stereocenters. The number of carboxylic acids is 1. The maximum Gasteiger partial charge on any atom is 0.335 e. The van der Waals surface area contributed by atoms with Gasteiger partial charge >= 0.3 is 5.97 Å². The van der Waals surface area contributed by atoms with Gasteiger partial charge < -0.3 is 5.11 Å². The molecular formula is C12H8ClNO2. The fourth-order valence-corrected chi connectivity index (χ4v) is 1.56. The van der Waals surface area contributed by atoms with Crippen LogP contribution in [-0.2, 0) is 0 Å². The molecule has 0 spiro atoms. The third-order valence-electron chi connectivity index (χ3n) is 2.19. The minimum atomic E-state index is -0.931. The lowest BCUT2D eigenvalue weighted by Crippen LogP contribution is -1.94. The number of aromatic carboxylic acids is 1. The summed E-state index contributed by atoms with van der Waals surface area (Å²) in [5, 5.41) is 9.18. The second-order valence-corrected chi connectivity index (χ2v) is 3.64. The van der Waals surface area contributed by atoms with Gasteiger partial charge in [0.15, 0.2) is 0 Å². The highest BCUT2D eigenvalue weighted by Gasteiger charge is 2.03. The highest BCUT2D eigenvalue weighted by molar-refractivity contribution is 6.29. The van der Waals surface area contributed by atoms with Crippen LogP contribution in [0.25, 0.3) is 11.1 Å². The molecule has 1 N–H and O–H groups in total. The Morgan fingerprint density at radius 2 is 1.81 bits per heavy atom. The SMILES string of the molecule is O=C(O)c1ccc(-c2ccnc(Cl)c2)cc1. The molecule has 3 nitrogen and oxygen atoms in total. The van der Waals surface area contributed by atoms with E-state index in [0.29, 0.717) is 5.15 Å². The van der Waals surface area contributed by atoms with Gasteiger partial charge in [0, 0.05) is 6.20 Å². The molecule has 0 aliphatic heterocycles. The molecule has 0 bridgehead atoms. The molecule has 1 aromatic heterocycles. The number of rotatable bonds is 2. The molecule has 80 valence electrons. The van der Waals surface area contributed by atoms with Gasteiger partial charge in [-0.1, -0.05) is 23.7 Å². The monoisotopic (exact) mass is 233 g/mol. The standard InChI is InChI=1S/C12H8ClNO2/c13-11-7-10(5-6-14-11)8-1-3-9(4-2-8)12(15)16/h1-7H,(H,15,16). The van der Waals surface area contributed by atoms with Gasteiger partial charge in [0.1, 0.15) is 5.15 Å². The van der Waals surface area contributed by atoms with Crippen molar-refractivity contribution < 1.29 is 9.90 Å². The van der Waals surface area contributed by atoms with E-state index >= 15 is 0 Å². The number of nitrogens with zero attached hydrogens (tertiary/aromatic N) is 1. The van der Waals surface area contributed by atoms with Crippen LogP contribution < -0.4 is 0 Å². The van der Waals surface area contributed by atoms with Crippen molar-refractivity contribution in [2.24, 2.45) is 0 Å². The summed E-state index contributed by atoms with van der Waals surface area (Å²) < 4.78 is 0. The Labute approximate surface area is 97.3 Å². The highest BCUT2D eigenvalue weighted by Crippen LogP contribution is 2.21. The van der Waals surface area contributed by atoms with Crippen LogP contribution in [0.3, 0.4) is 0 Å². The molecule has 0 atom stereocenters. The van der Waals surface area contributed by atoms with Crippen LogP contribution in [0.15, 0.2) is 42.6 Å². The van der Waals surface area contributed by atoms with Gasteiger partial charge in [-0.25, -0.2) is 9.78 Å². The number of aromatic nitrogens is 1. The van der Waals surface area contributed by atoms with E-state index in [1.807, 2.05) is 6.07 Å². The predicted molar refractivity (Wildman–Crippen MR) is 61.6 cm³/mol. The van der Waals surface area contributed by atoms with Crippen LogP contribution in [-0.4, -0.2) is 16.1 Å². The zero-order chi connectivity index (χ0) is 11.5. The Balaban J connectivity index is 2.38. The van der Waals surface area contributed by atoms with Crippen LogP contribution >= 0.6 is 11.6 Å². The topological polar surface area (TPSA) is 50.2 Å². The Kier molecular flexibility index (Phi) is 2.88. The number of benzene rings is 1. The lowest BCUT2D eigenvalue weighted by atomic mass is 10.1. The second kappa shape index (κ2) is 4.33. The van der Waals surface area contributed by atoms with E-state index in [1.165, 1.54) is 0 Å². The number of hydrogen-bond acceptors (Lipinski definition) is 2. The highest BCUT2D eigenvalue weighted by atomic mass is 35.5. The summed E-state index contributed by atoms with van der Waals surface area (Å²) in [5.41, 5.74) is 2.09. The first-order valence-electron chi connectivity index (χ1n) is 4.62. The van der Waals surface area contributed by atoms with E-state index < -0.39 is 5.97 Å². The van der Waals surface area contributed by atoms with Crippen LogP contribution in [0.2, 0.25) is 5.15 Å². The van der Waals surface area contributed by atoms with Crippen molar-refractivity contribution in [1.29, 1.82) is 0 Å². The summed E-state index contributed by atoms with van der Waals surface area (Å²) in [6.45, 7) is 0. The van der Waals surface area contributed by atoms with Gasteiger partial charge in [-0.3, -0.25) is 0 Å². The average molecular weight is 234 g/mol. The van der Waals surface area contributed by atoms with Gasteiger partial charge in [-0.2, -0.15) is 0 Å². The van der Waals surface area contributed by atoms with E-state index in [0.717, 1.165) is 11.1 Å². The van der Waals surface area contributed by atoms with E-state index in [4.69, 9.17) is 16.7 Å². The van der Waals surface area contributed by atoms with Gasteiger partial charge in [-0.15, -0.1) is 0 Å². The molecule has 4 heteroatoms. The molecule has 16 heavy (non-hydrogen) atoms. The average Bonchev–Trinajstić information content (AvgIpc) is 2.29. The quantitative estimate of drug-likeness (QED) is 0.811. The molecule has 0 saturated carbocycles. The van der Waals surface area contributed by atoms with Gasteiger partial charge in [0.05, 0.1) is 5.56 Å². The normalized spacial score (nSPS) is 10.1. The Morgan fingerprint density at radius 1 is 1.12 bits per heavy atom. The van der Waals surface area contributed by atoms with Crippen molar-refractivity contribution in [3.8, 4) is 11.1 Å². The Morgan fingerprint density at radius 3 is 2.38 bits per heavy atom. The summed E-state index contributed by atoms with van der Waals surface area (Å²) in [4.78, 5) is 14.6. The summed E-state index contributed by atoms with van der Waals surface area (Å²) in [5.74, 6) is -0.931. The molecule has 0 saturated heterocycles. The van der Waals surface area contributed by atoms with Crippen LogP contribution in [0.5, 0.6) is 0 Å². The molecule has 2 rings (SSSR count). The van der Waals surface area contributed by atoms with Crippen molar-refractivity contribution >= 4 is 17.6 Å². The largest absolute Gasteiger partial charge is 0.478 e. The summed E-state index contributed by atoms with van der Waals surface area (Å²) >= 11 is 5.77. The first-order chi connectivity index (χ1) is 7.66. The van der Waals surface area contributed by atoms with E-state index in [2.05, 4.69) is 4.98 Å². The number of pyridine rings is 1. The molecular weight excluding hydrogens is 226 g/mol. The van der Waals surface area contributed by atoms with Gasteiger partial charge in [-0.05, 0) is 35.4 Å². The number of hydrogen-bond donors (Lipinski definition) is 1. The second-order valence-electron chi connectivity index (χ2n) is 3.25. The number of halogens is 1. The maximum atomic E-state index is 10.7. The molecule has 2 aromatic rings. The van der Waals surface area contributed by atoms with E-state index in [-0.39, 0.29) is 5.56 Å². The lowest BCUT2D eigenvalue weighted by Gasteiger charge is -2.02. The van der Waals surface area contributed by atoms with Crippen LogP contribution in [0, 0.1) is 0 Å². The summed E-state index contributed by atoms with van der Waals surface area (Å²) in [7, 11) is 0. The smallest absolute Gasteiger partial charge is 0.335 e. The van der Waals surface area contributed by atoms with Crippen LogP contribution in [0.1, 0.15) is 10.4 Å². The van der Waals surface area contributed by atoms with Crippen molar-refractivity contribution in [3.05, 3.63) is 53.3 Å². The maximum absolute atomic E-state index is 10.7. The molecule has 0 fully saturated rings. The van der Waals surface area contributed by atoms with E-state index in [1.54, 1.807) is 36.5 Å². The Bertz CT molecular complexity index is 523. The van der Waals surface area contributed by atoms with Crippen molar-refractivity contribution in [1.82, 2.24) is 4.98 Å². The minimum Gasteiger partial charge on any atom is -0.478 e. The summed E-state index contributed by atoms with van der Waals surface area (Å²) in [6.07, 6.45) is 1.61. The van der Waals surface area contributed by atoms with Crippen molar-refractivity contribution in [3.63, 3.8) is 0 Å². The zero-order valence-electron chi connectivity index (χ0n) is 8.22. The molecule has 1 heterocycles. The fourth-order valence-electron chi connectivity index (χ4n) is 1.39. The van der Waals surface area contributed by atoms with Crippen molar-refractivity contribution in [2.75, 3.05) is 0 Å². The first kappa shape index (κ1) is 10.6. The Hall–Kier alpha value is -1.87. The van der Waals surface area contributed by atoms with E-state index in [9.17, 15) is 4.79 Å². The predicted octanol–water partition coefficient (Wildman–Crippen LogP) is 3.10. The van der Waals surface area contributed by atoms with Crippen LogP contribution in [0.4, 0.5) is 0 Å². The molecule has 1 aromatic carbocycles. The lowest BCUT2D eigenvalue weighted by molar-refractivity contribution is 0.0697. The zero-order valence-corrected chi connectivity index (χ0v) is 8.98. The van der Waals surface area contributed by atoms with Gasteiger partial charge in [0.25, 0.3) is 0 Å². The van der Waals surface area contributed by atoms with Crippen molar-refractivity contribution in [2.45, 2.75) is 0 Å². The molecule has 0 aliphatic carbocycles. The first-order valence-corrected chi connectivity index (χ1v) is 5.00.